The summed E-state index contributed by atoms with van der Waals surface area (Å²) in [6, 6.07) is 2.14. The zero-order valence-electron chi connectivity index (χ0n) is 11.8. The normalized spacial score (nSPS) is 14.1. The summed E-state index contributed by atoms with van der Waals surface area (Å²) in [6.07, 6.45) is 1.88. The minimum atomic E-state index is 0.0954. The van der Waals surface area contributed by atoms with Crippen molar-refractivity contribution in [3.8, 4) is 6.07 Å². The molecule has 0 spiro atoms. The second-order valence-corrected chi connectivity index (χ2v) is 5.85. The summed E-state index contributed by atoms with van der Waals surface area (Å²) in [4.78, 5) is 14.8. The number of nitrogens with two attached hydrogens (primary N) is 1. The first-order valence-corrected chi connectivity index (χ1v) is 7.56. The standard InChI is InChI=1S/C14H19N3O2S/c1-3-17(6-7-19-2)14-10(8-15)11(16)13(20-14)12(18)9-4-5-9/h9H,3-7,16H2,1-2H3. The molecule has 0 radical (unpaired) electrons. The lowest BCUT2D eigenvalue weighted by Gasteiger charge is -2.21. The number of rotatable bonds is 7. The number of nitrogens with zero attached hydrogens (tertiary/aromatic N) is 2. The van der Waals surface area contributed by atoms with Gasteiger partial charge in [0.1, 0.15) is 16.6 Å². The Balaban J connectivity index is 2.34. The highest BCUT2D eigenvalue weighted by atomic mass is 32.1. The number of ether oxygens (including phenoxy) is 1. The topological polar surface area (TPSA) is 79.3 Å². The van der Waals surface area contributed by atoms with Crippen molar-refractivity contribution in [2.45, 2.75) is 19.8 Å². The van der Waals surface area contributed by atoms with Gasteiger partial charge in [0.05, 0.1) is 17.2 Å². The predicted molar refractivity (Wildman–Crippen MR) is 80.3 cm³/mol. The number of methoxy groups -OCH3 is 1. The molecule has 0 atom stereocenters. The molecular formula is C14H19N3O2S. The summed E-state index contributed by atoms with van der Waals surface area (Å²) in [5.41, 5.74) is 6.79. The zero-order valence-corrected chi connectivity index (χ0v) is 12.6. The monoisotopic (exact) mass is 293 g/mol. The third-order valence-electron chi connectivity index (χ3n) is 3.44. The van der Waals surface area contributed by atoms with Gasteiger partial charge in [0, 0.05) is 26.1 Å². The van der Waals surface area contributed by atoms with Crippen LogP contribution in [0.1, 0.15) is 35.0 Å². The van der Waals surface area contributed by atoms with Gasteiger partial charge in [-0.2, -0.15) is 5.26 Å². The van der Waals surface area contributed by atoms with Gasteiger partial charge in [-0.15, -0.1) is 11.3 Å². The van der Waals surface area contributed by atoms with Gasteiger partial charge < -0.3 is 15.4 Å². The van der Waals surface area contributed by atoms with Crippen LogP contribution in [-0.4, -0.2) is 32.6 Å². The first kappa shape index (κ1) is 14.8. The van der Waals surface area contributed by atoms with Crippen molar-refractivity contribution in [1.29, 1.82) is 5.26 Å². The fourth-order valence-electron chi connectivity index (χ4n) is 2.08. The van der Waals surface area contributed by atoms with Gasteiger partial charge in [0.15, 0.2) is 5.78 Å². The lowest BCUT2D eigenvalue weighted by Crippen LogP contribution is -2.26. The lowest BCUT2D eigenvalue weighted by atomic mass is 10.1. The van der Waals surface area contributed by atoms with Crippen LogP contribution in [0.5, 0.6) is 0 Å². The van der Waals surface area contributed by atoms with E-state index in [1.807, 2.05) is 11.8 Å². The Bertz CT molecular complexity index is 543. The van der Waals surface area contributed by atoms with Crippen molar-refractivity contribution >= 4 is 27.8 Å². The van der Waals surface area contributed by atoms with E-state index in [-0.39, 0.29) is 11.7 Å². The van der Waals surface area contributed by atoms with Crippen LogP contribution in [-0.2, 0) is 4.74 Å². The van der Waals surface area contributed by atoms with Crippen LogP contribution < -0.4 is 10.6 Å². The summed E-state index contributed by atoms with van der Waals surface area (Å²) in [5, 5.41) is 10.1. The Morgan fingerprint density at radius 1 is 1.60 bits per heavy atom. The number of thiophene rings is 1. The molecule has 0 unspecified atom stereocenters. The molecule has 0 amide bonds. The summed E-state index contributed by atoms with van der Waals surface area (Å²) >= 11 is 1.34. The molecule has 0 saturated heterocycles. The van der Waals surface area contributed by atoms with E-state index in [0.717, 1.165) is 24.4 Å². The molecule has 1 heterocycles. The Hall–Kier alpha value is -1.58. The summed E-state index contributed by atoms with van der Waals surface area (Å²) in [7, 11) is 1.64. The number of hydrogen-bond acceptors (Lipinski definition) is 6. The van der Waals surface area contributed by atoms with Gasteiger partial charge in [-0.3, -0.25) is 4.79 Å². The average molecular weight is 293 g/mol. The van der Waals surface area contributed by atoms with Crippen LogP contribution in [0.3, 0.4) is 0 Å². The highest BCUT2D eigenvalue weighted by Gasteiger charge is 2.34. The Labute approximate surface area is 122 Å². The van der Waals surface area contributed by atoms with Crippen LogP contribution in [0.15, 0.2) is 0 Å². The van der Waals surface area contributed by atoms with Crippen molar-refractivity contribution in [3.05, 3.63) is 10.4 Å². The zero-order chi connectivity index (χ0) is 14.7. The maximum atomic E-state index is 12.2. The molecule has 1 saturated carbocycles. The molecule has 0 aromatic carbocycles. The number of carbonyl (C=O) groups is 1. The lowest BCUT2D eigenvalue weighted by molar-refractivity contribution is 0.0972. The summed E-state index contributed by atoms with van der Waals surface area (Å²) in [5.74, 6) is 0.211. The maximum Gasteiger partial charge on any atom is 0.178 e. The van der Waals surface area contributed by atoms with Gasteiger partial charge in [-0.25, -0.2) is 0 Å². The van der Waals surface area contributed by atoms with E-state index in [1.165, 1.54) is 11.3 Å². The van der Waals surface area contributed by atoms with Crippen LogP contribution >= 0.6 is 11.3 Å². The van der Waals surface area contributed by atoms with Gasteiger partial charge in [0.2, 0.25) is 0 Å². The molecule has 1 aliphatic rings. The molecule has 0 aliphatic heterocycles. The second-order valence-electron chi connectivity index (χ2n) is 4.85. The van der Waals surface area contributed by atoms with Crippen LogP contribution in [0.2, 0.25) is 0 Å². The fraction of sp³-hybridized carbons (Fsp3) is 0.571. The van der Waals surface area contributed by atoms with Crippen molar-refractivity contribution in [2.75, 3.05) is 37.4 Å². The maximum absolute atomic E-state index is 12.2. The van der Waals surface area contributed by atoms with Gasteiger partial charge in [0.25, 0.3) is 0 Å². The molecule has 1 aliphatic carbocycles. The minimum absolute atomic E-state index is 0.0954. The van der Waals surface area contributed by atoms with E-state index < -0.39 is 0 Å². The third kappa shape index (κ3) is 2.79. The van der Waals surface area contributed by atoms with Crippen molar-refractivity contribution in [3.63, 3.8) is 0 Å². The first-order chi connectivity index (χ1) is 9.63. The molecule has 1 fully saturated rings. The van der Waals surface area contributed by atoms with E-state index >= 15 is 0 Å². The average Bonchev–Trinajstić information content (AvgIpc) is 3.24. The molecule has 0 bridgehead atoms. The molecular weight excluding hydrogens is 274 g/mol. The molecule has 108 valence electrons. The SMILES string of the molecule is CCN(CCOC)c1sc(C(=O)C2CC2)c(N)c1C#N. The number of anilines is 2. The molecule has 2 N–H and O–H groups in total. The smallest absolute Gasteiger partial charge is 0.178 e. The predicted octanol–water partition coefficient (Wildman–Crippen LogP) is 2.27. The number of carbonyl (C=O) groups excluding carboxylic acids is 1. The van der Waals surface area contributed by atoms with Crippen LogP contribution in [0.4, 0.5) is 10.7 Å². The third-order valence-corrected chi connectivity index (χ3v) is 4.73. The number of ketones is 1. The van der Waals surface area contributed by atoms with Gasteiger partial charge >= 0.3 is 0 Å². The highest BCUT2D eigenvalue weighted by Crippen LogP contribution is 2.42. The Morgan fingerprint density at radius 3 is 2.80 bits per heavy atom. The van der Waals surface area contributed by atoms with Crippen molar-refractivity contribution in [2.24, 2.45) is 5.92 Å². The minimum Gasteiger partial charge on any atom is -0.396 e. The quantitative estimate of drug-likeness (QED) is 0.780. The number of nitrogen functional groups attached to an aromatic ring is 1. The highest BCUT2D eigenvalue weighted by molar-refractivity contribution is 7.19. The molecule has 2 rings (SSSR count). The van der Waals surface area contributed by atoms with Crippen LogP contribution in [0.25, 0.3) is 0 Å². The number of Topliss-reactive ketones (excluding diaryl/α,β-unsaturated/α-hetero) is 1. The van der Waals surface area contributed by atoms with E-state index in [4.69, 9.17) is 10.5 Å². The molecule has 20 heavy (non-hydrogen) atoms. The molecule has 1 aromatic rings. The van der Waals surface area contributed by atoms with Gasteiger partial charge in [-0.05, 0) is 19.8 Å². The number of nitriles is 1. The molecule has 6 heteroatoms. The number of likely N-dealkylation sites (N-methyl/N-ethyl adjacent to an activating group) is 1. The molecule has 1 aromatic heterocycles. The fourth-order valence-corrected chi connectivity index (χ4v) is 3.36. The van der Waals surface area contributed by atoms with E-state index in [1.54, 1.807) is 7.11 Å². The van der Waals surface area contributed by atoms with E-state index in [2.05, 4.69) is 6.07 Å². The first-order valence-electron chi connectivity index (χ1n) is 6.74. The largest absolute Gasteiger partial charge is 0.396 e. The van der Waals surface area contributed by atoms with Crippen LogP contribution in [0, 0.1) is 17.2 Å². The Morgan fingerprint density at radius 2 is 2.30 bits per heavy atom. The second kappa shape index (κ2) is 6.25. The van der Waals surface area contributed by atoms with Crippen molar-refractivity contribution in [1.82, 2.24) is 0 Å². The van der Waals surface area contributed by atoms with Crippen molar-refractivity contribution < 1.29 is 9.53 Å². The summed E-state index contributed by atoms with van der Waals surface area (Å²) in [6.45, 7) is 4.01. The van der Waals surface area contributed by atoms with E-state index in [9.17, 15) is 10.1 Å². The summed E-state index contributed by atoms with van der Waals surface area (Å²) < 4.78 is 5.08. The van der Waals surface area contributed by atoms with Gasteiger partial charge in [-0.1, -0.05) is 0 Å². The number of hydrogen-bond donors (Lipinski definition) is 1. The van der Waals surface area contributed by atoms with E-state index in [0.29, 0.717) is 29.3 Å². The molecule has 5 nitrogen and oxygen atoms in total. The Kier molecular flexibility index (Phi) is 4.63.